The maximum Gasteiger partial charge on any atom is 0.416 e. The highest BCUT2D eigenvalue weighted by Crippen LogP contribution is 2.33. The molecule has 1 amide bonds. The Labute approximate surface area is 284 Å². The number of nitrogens with zero attached hydrogens (tertiary/aromatic N) is 3. The molecule has 3 heterocycles. The molecule has 10 nitrogen and oxygen atoms in total. The van der Waals surface area contributed by atoms with E-state index in [9.17, 15) is 26.4 Å². The van der Waals surface area contributed by atoms with Crippen LogP contribution in [0.15, 0.2) is 59.5 Å². The fourth-order valence-corrected chi connectivity index (χ4v) is 7.61. The van der Waals surface area contributed by atoms with E-state index in [0.29, 0.717) is 23.5 Å². The van der Waals surface area contributed by atoms with Gasteiger partial charge in [-0.2, -0.15) is 17.5 Å². The van der Waals surface area contributed by atoms with E-state index in [1.54, 1.807) is 17.0 Å². The molecule has 260 valence electrons. The van der Waals surface area contributed by atoms with E-state index < -0.39 is 27.7 Å². The average molecular weight is 709 g/mol. The number of aromatic nitrogens is 1. The number of nitrogens with one attached hydrogen (secondary N) is 3. The van der Waals surface area contributed by atoms with Crippen molar-refractivity contribution in [3.63, 3.8) is 0 Å². The smallest absolute Gasteiger partial charge is 0.416 e. The van der Waals surface area contributed by atoms with Gasteiger partial charge in [0.2, 0.25) is 10.0 Å². The lowest BCUT2D eigenvalue weighted by molar-refractivity contribution is -0.137. The number of hydrogen-bond donors (Lipinski definition) is 3. The van der Waals surface area contributed by atoms with Crippen LogP contribution in [0.1, 0.15) is 47.2 Å². The standard InChI is InChI=1S/C33H40ClF3N6O4S/c1-47-29-9-4-24(22-39-12-2-3-23-10-13-38-14-11-23)19-28(29)32(44)40-26-5-7-27(8-6-26)48(45,46)43-17-15-42(16-18-43)31-21-25(33(35,36)37)20-30(34)41-31/h4-9,19-21,23,38-39H,2-3,10-18,22H2,1H3,(H,40,44). The molecule has 0 bridgehead atoms. The topological polar surface area (TPSA) is 116 Å². The molecule has 2 aliphatic rings. The molecule has 2 aromatic carbocycles. The summed E-state index contributed by atoms with van der Waals surface area (Å²) in [5, 5.41) is 9.38. The molecule has 0 atom stereocenters. The molecule has 2 saturated heterocycles. The number of alkyl halides is 3. The molecule has 0 spiro atoms. The van der Waals surface area contributed by atoms with Gasteiger partial charge < -0.3 is 25.6 Å². The van der Waals surface area contributed by atoms with Crippen LogP contribution in [-0.4, -0.2) is 76.5 Å². The highest BCUT2D eigenvalue weighted by molar-refractivity contribution is 7.89. The maximum atomic E-state index is 13.4. The van der Waals surface area contributed by atoms with E-state index >= 15 is 0 Å². The molecular weight excluding hydrogens is 669 g/mol. The Morgan fingerprint density at radius 3 is 2.42 bits per heavy atom. The number of carbonyl (C=O) groups is 1. The Hall–Kier alpha value is -3.43. The minimum atomic E-state index is -4.59. The van der Waals surface area contributed by atoms with Crippen LogP contribution in [0.5, 0.6) is 5.75 Å². The zero-order valence-electron chi connectivity index (χ0n) is 26.7. The third kappa shape index (κ3) is 9.17. The first-order valence-corrected chi connectivity index (χ1v) is 17.8. The molecular formula is C33H40ClF3N6O4S. The SMILES string of the molecule is COc1ccc(CNCCCC2CCNCC2)cc1C(=O)Nc1ccc(S(=O)(=O)N2CCN(c3cc(C(F)(F)F)cc(Cl)n3)CC2)cc1. The van der Waals surface area contributed by atoms with Crippen LogP contribution in [0.4, 0.5) is 24.7 Å². The zero-order chi connectivity index (χ0) is 34.3. The third-order valence-corrected chi connectivity index (χ3v) is 10.8. The van der Waals surface area contributed by atoms with Crippen molar-refractivity contribution in [3.05, 3.63) is 76.4 Å². The van der Waals surface area contributed by atoms with E-state index in [4.69, 9.17) is 16.3 Å². The van der Waals surface area contributed by atoms with Crippen molar-refractivity contribution < 1.29 is 31.1 Å². The van der Waals surface area contributed by atoms with E-state index in [2.05, 4.69) is 20.9 Å². The first-order chi connectivity index (χ1) is 22.9. The quantitative estimate of drug-likeness (QED) is 0.170. The number of ether oxygens (including phenoxy) is 1. The molecule has 0 radical (unpaired) electrons. The molecule has 0 unspecified atom stereocenters. The van der Waals surface area contributed by atoms with Crippen LogP contribution in [-0.2, 0) is 22.7 Å². The van der Waals surface area contributed by atoms with Crippen molar-refractivity contribution >= 4 is 39.0 Å². The molecule has 2 fully saturated rings. The van der Waals surface area contributed by atoms with Gasteiger partial charge in [-0.1, -0.05) is 17.7 Å². The van der Waals surface area contributed by atoms with Crippen LogP contribution < -0.4 is 25.6 Å². The van der Waals surface area contributed by atoms with Gasteiger partial charge in [0.05, 0.1) is 23.1 Å². The van der Waals surface area contributed by atoms with Gasteiger partial charge in [0, 0.05) is 38.4 Å². The Morgan fingerprint density at radius 2 is 1.75 bits per heavy atom. The van der Waals surface area contributed by atoms with Crippen molar-refractivity contribution in [2.24, 2.45) is 5.92 Å². The Kier molecular flexibility index (Phi) is 11.8. The van der Waals surface area contributed by atoms with E-state index in [1.165, 1.54) is 54.9 Å². The van der Waals surface area contributed by atoms with Crippen molar-refractivity contribution in [1.82, 2.24) is 19.9 Å². The zero-order valence-corrected chi connectivity index (χ0v) is 28.2. The van der Waals surface area contributed by atoms with E-state index in [0.717, 1.165) is 49.7 Å². The number of piperidine rings is 1. The predicted molar refractivity (Wildman–Crippen MR) is 179 cm³/mol. The number of methoxy groups -OCH3 is 1. The van der Waals surface area contributed by atoms with Crippen LogP contribution in [0.2, 0.25) is 5.15 Å². The van der Waals surface area contributed by atoms with Crippen molar-refractivity contribution in [2.45, 2.75) is 43.3 Å². The Morgan fingerprint density at radius 1 is 1.04 bits per heavy atom. The number of hydrogen-bond acceptors (Lipinski definition) is 8. The predicted octanol–water partition coefficient (Wildman–Crippen LogP) is 5.40. The Balaban J connectivity index is 1.15. The molecule has 1 aromatic heterocycles. The van der Waals surface area contributed by atoms with Crippen LogP contribution >= 0.6 is 11.6 Å². The first kappa shape index (κ1) is 35.9. The summed E-state index contributed by atoms with van der Waals surface area (Å²) >= 11 is 5.83. The number of halogens is 4. The summed E-state index contributed by atoms with van der Waals surface area (Å²) in [5.41, 5.74) is 0.783. The molecule has 15 heteroatoms. The minimum absolute atomic E-state index is 0.0278. The second-order valence-corrected chi connectivity index (χ2v) is 14.3. The summed E-state index contributed by atoms with van der Waals surface area (Å²) in [6.07, 6.45) is 0.186. The molecule has 0 aliphatic carbocycles. The summed E-state index contributed by atoms with van der Waals surface area (Å²) in [6.45, 7) is 4.05. The second-order valence-electron chi connectivity index (χ2n) is 12.0. The summed E-state index contributed by atoms with van der Waals surface area (Å²) < 4.78 is 73.1. The van der Waals surface area contributed by atoms with Crippen LogP contribution in [0, 0.1) is 5.92 Å². The van der Waals surface area contributed by atoms with Gasteiger partial charge in [-0.15, -0.1) is 0 Å². The molecule has 0 saturated carbocycles. The van der Waals surface area contributed by atoms with Crippen molar-refractivity contribution in [2.75, 3.05) is 63.1 Å². The van der Waals surface area contributed by atoms with Gasteiger partial charge >= 0.3 is 6.18 Å². The van der Waals surface area contributed by atoms with Gasteiger partial charge in [-0.05, 0) is 105 Å². The van der Waals surface area contributed by atoms with Gasteiger partial charge in [-0.25, -0.2) is 13.4 Å². The highest BCUT2D eigenvalue weighted by Gasteiger charge is 2.34. The number of rotatable bonds is 12. The molecule has 3 aromatic rings. The second kappa shape index (κ2) is 15.9. The number of anilines is 2. The summed E-state index contributed by atoms with van der Waals surface area (Å²) in [5.74, 6) is 0.847. The number of sulfonamides is 1. The van der Waals surface area contributed by atoms with Crippen LogP contribution in [0.3, 0.4) is 0 Å². The van der Waals surface area contributed by atoms with E-state index in [-0.39, 0.29) is 42.0 Å². The summed E-state index contributed by atoms with van der Waals surface area (Å²) in [6, 6.07) is 13.0. The lowest BCUT2D eigenvalue weighted by Gasteiger charge is -2.35. The van der Waals surface area contributed by atoms with Crippen molar-refractivity contribution in [3.8, 4) is 5.75 Å². The largest absolute Gasteiger partial charge is 0.496 e. The number of pyridine rings is 1. The highest BCUT2D eigenvalue weighted by atomic mass is 35.5. The summed E-state index contributed by atoms with van der Waals surface area (Å²) in [7, 11) is -2.41. The first-order valence-electron chi connectivity index (χ1n) is 15.9. The lowest BCUT2D eigenvalue weighted by atomic mass is 9.93. The molecule has 5 rings (SSSR count). The lowest BCUT2D eigenvalue weighted by Crippen LogP contribution is -2.49. The third-order valence-electron chi connectivity index (χ3n) is 8.68. The van der Waals surface area contributed by atoms with Crippen molar-refractivity contribution in [1.29, 1.82) is 0 Å². The normalized spacial score (nSPS) is 16.6. The fourth-order valence-electron chi connectivity index (χ4n) is 5.99. The maximum absolute atomic E-state index is 13.4. The Bertz CT molecular complexity index is 1660. The average Bonchev–Trinajstić information content (AvgIpc) is 3.08. The van der Waals surface area contributed by atoms with Gasteiger partial charge in [0.1, 0.15) is 16.7 Å². The van der Waals surface area contributed by atoms with Gasteiger partial charge in [0.25, 0.3) is 5.91 Å². The van der Waals surface area contributed by atoms with E-state index in [1.807, 2.05) is 6.07 Å². The molecule has 2 aliphatic heterocycles. The fraction of sp³-hybridized carbons (Fsp3) is 0.455. The molecule has 48 heavy (non-hydrogen) atoms. The summed E-state index contributed by atoms with van der Waals surface area (Å²) in [4.78, 5) is 18.8. The van der Waals surface area contributed by atoms with Crippen LogP contribution in [0.25, 0.3) is 0 Å². The molecule has 3 N–H and O–H groups in total. The van der Waals surface area contributed by atoms with Gasteiger partial charge in [0.15, 0.2) is 0 Å². The van der Waals surface area contributed by atoms with Gasteiger partial charge in [-0.3, -0.25) is 4.79 Å². The number of benzene rings is 2. The number of piperazine rings is 1. The number of amides is 1. The monoisotopic (exact) mass is 708 g/mol. The number of carbonyl (C=O) groups excluding carboxylic acids is 1. The minimum Gasteiger partial charge on any atom is -0.496 e.